The molecule has 0 amide bonds. The molecule has 0 saturated carbocycles. The molecule has 610 valence electrons. The van der Waals surface area contributed by atoms with E-state index in [4.69, 9.17) is 24.9 Å². The van der Waals surface area contributed by atoms with Gasteiger partial charge in [0, 0.05) is 69.0 Å². The van der Waals surface area contributed by atoms with E-state index in [0.717, 1.165) is 27.6 Å². The maximum Gasteiger partial charge on any atom is 0.297 e. The molecule has 0 N–H and O–H groups in total. The highest BCUT2D eigenvalue weighted by Gasteiger charge is 2.33. The smallest absolute Gasteiger partial charge is 0.255 e. The van der Waals surface area contributed by atoms with Crippen LogP contribution in [0.15, 0.2) is 243 Å². The number of aryl methyl sites for hydroxylation is 20. The van der Waals surface area contributed by atoms with E-state index in [1.54, 1.807) is 0 Å². The SMILES string of the molecule is Cc1cc(C)c2c(c1)c1nccc(C)c1c1n2c2ccccc2[n+]1C.Cc1cc2c(cc1C)[n+](C)c1c3c(C)ccnc3c3ccccc3n21.Cc1ccc2c(c1)n1c3c(C)cccc3c3nccc(C)c3c1[n+]2C.Cc1ccc2c(c1C)n1c3ccccc3c3nccc(C)c3c1[n+]2C.Cc1ccc2c3nccc(C)c3c3n(c2c1)c1c(C)cccc1[n+]3C. The second-order valence-corrected chi connectivity index (χ2v) is 35.1. The van der Waals surface area contributed by atoms with E-state index in [2.05, 4.69) is 396 Å². The van der Waals surface area contributed by atoms with Crippen LogP contribution >= 0.6 is 0 Å². The van der Waals surface area contributed by atoms with Gasteiger partial charge in [-0.05, 0) is 304 Å². The number of benzene rings is 10. The molecule has 0 unspecified atom stereocenters. The fraction of sp³-hybridized carbons (Fsp3) is 0.182. The molecule has 25 rings (SSSR count). The molecule has 15 aromatic heterocycles. The van der Waals surface area contributed by atoms with Crippen molar-refractivity contribution in [2.75, 3.05) is 0 Å². The van der Waals surface area contributed by atoms with Crippen molar-refractivity contribution in [3.63, 3.8) is 0 Å². The fourth-order valence-electron chi connectivity index (χ4n) is 20.8. The lowest BCUT2D eigenvalue weighted by Gasteiger charge is -2.09. The van der Waals surface area contributed by atoms with Crippen molar-refractivity contribution < 1.29 is 22.8 Å². The van der Waals surface area contributed by atoms with Gasteiger partial charge in [-0.2, -0.15) is 22.0 Å². The van der Waals surface area contributed by atoms with Crippen LogP contribution in [0, 0.1) is 104 Å². The number of hydrogen-bond donors (Lipinski definition) is 0. The summed E-state index contributed by atoms with van der Waals surface area (Å²) in [5.41, 5.74) is 49.4. The molecule has 0 radical (unpaired) electrons. The molecular weight excluding hydrogens is 1530 g/mol. The molecule has 0 saturated heterocycles. The molecule has 0 bridgehead atoms. The molecule has 15 heteroatoms. The normalized spacial score (nSPS) is 12.0. The molecule has 0 fully saturated rings. The standard InChI is InChI=1S/5C22H20N3/c1-13-8-9-16-18(12-13)25-21-15(3)6-5-7-17(21)24(4)22(25)19-14(2)10-11-23-20(16)19;1-13-8-9-17-18(12-13)25-21-15(3)6-5-7-16(21)20-19(22(25)24(17)4)14(2)10-11-23-20;1-13-11-15(3)21-16(12-13)20-19(14(2)9-10-23-20)22-24(4)17-7-5-6-8-18(17)25(21)22;1-13-9-10-23-21-16-7-5-6-8-17(16)25-19-12-15(3)14(2)11-18(19)24(4)22(25)20(13)21;1-13-9-10-18-21(15(13)3)25-17-8-6-5-7-16(17)20-19(22(25)24(18)4)14(2)11-12-23-20/h5*5-12H,1-4H3/q5*+1. The Bertz CT molecular complexity index is 9000. The number of para-hydroxylation sites is 6. The summed E-state index contributed by atoms with van der Waals surface area (Å²) in [5, 5.41) is 12.2. The molecule has 125 heavy (non-hydrogen) atoms. The van der Waals surface area contributed by atoms with Gasteiger partial charge >= 0.3 is 0 Å². The zero-order valence-corrected chi connectivity index (χ0v) is 74.8. The lowest BCUT2D eigenvalue weighted by molar-refractivity contribution is -0.617. The molecule has 0 aliphatic heterocycles. The monoisotopic (exact) mass is 1630 g/mol. The van der Waals surface area contributed by atoms with Crippen molar-refractivity contribution >= 4 is 192 Å². The molecule has 0 spiro atoms. The molecule has 15 heterocycles. The van der Waals surface area contributed by atoms with Crippen LogP contribution in [0.25, 0.3) is 192 Å². The zero-order chi connectivity index (χ0) is 86.5. The molecule has 15 nitrogen and oxygen atoms in total. The van der Waals surface area contributed by atoms with E-state index in [9.17, 15) is 0 Å². The van der Waals surface area contributed by atoms with Crippen molar-refractivity contribution in [3.05, 3.63) is 327 Å². The minimum Gasteiger partial charge on any atom is -0.255 e. The van der Waals surface area contributed by atoms with Gasteiger partial charge in [0.15, 0.2) is 55.2 Å². The Labute approximate surface area is 723 Å². The van der Waals surface area contributed by atoms with E-state index in [0.29, 0.717) is 0 Å². The van der Waals surface area contributed by atoms with E-state index >= 15 is 0 Å². The average Bonchev–Trinajstić information content (AvgIpc) is 1.61. The third-order valence-corrected chi connectivity index (χ3v) is 27.1. The molecule has 0 aliphatic carbocycles. The molecule has 25 aromatic rings. The number of nitrogens with zero attached hydrogens (tertiary/aromatic N) is 15. The van der Waals surface area contributed by atoms with Gasteiger partial charge in [0.05, 0.1) is 89.8 Å². The Balaban J connectivity index is 0.0000000956. The van der Waals surface area contributed by atoms with Gasteiger partial charge in [-0.15, -0.1) is 0 Å². The van der Waals surface area contributed by atoms with Gasteiger partial charge in [-0.1, -0.05) is 84.9 Å². The first-order chi connectivity index (χ1) is 60.4. The van der Waals surface area contributed by atoms with Crippen LogP contribution in [-0.2, 0) is 35.2 Å². The Hall–Kier alpha value is -14.7. The van der Waals surface area contributed by atoms with Crippen LogP contribution in [0.2, 0.25) is 0 Å². The van der Waals surface area contributed by atoms with Gasteiger partial charge in [-0.3, -0.25) is 24.9 Å². The van der Waals surface area contributed by atoms with E-state index in [1.807, 2.05) is 31.0 Å². The summed E-state index contributed by atoms with van der Waals surface area (Å²) in [7, 11) is 10.8. The summed E-state index contributed by atoms with van der Waals surface area (Å²) < 4.78 is 23.6. The van der Waals surface area contributed by atoms with Crippen molar-refractivity contribution in [1.29, 1.82) is 0 Å². The molecule has 0 aliphatic rings. The number of fused-ring (bicyclic) bond motifs is 40. The maximum absolute atomic E-state index is 4.79. The van der Waals surface area contributed by atoms with E-state index in [-0.39, 0.29) is 0 Å². The third kappa shape index (κ3) is 11.5. The predicted molar refractivity (Wildman–Crippen MR) is 515 cm³/mol. The summed E-state index contributed by atoms with van der Waals surface area (Å²) in [5.74, 6) is 0. The quantitative estimate of drug-likeness (QED) is 0.111. The predicted octanol–water partition coefficient (Wildman–Crippen LogP) is 22.7. The van der Waals surface area contributed by atoms with Gasteiger partial charge in [0.1, 0.15) is 27.6 Å². The number of imidazole rings is 5. The Kier molecular flexibility index (Phi) is 18.0. The number of aromatic nitrogens is 15. The van der Waals surface area contributed by atoms with E-state index in [1.165, 1.54) is 248 Å². The highest BCUT2D eigenvalue weighted by molar-refractivity contribution is 6.17. The second-order valence-electron chi connectivity index (χ2n) is 35.1. The minimum absolute atomic E-state index is 1.08. The molecule has 10 aromatic carbocycles. The topological polar surface area (TPSA) is 106 Å². The van der Waals surface area contributed by atoms with Gasteiger partial charge in [-0.25, -0.2) is 22.8 Å². The first-order valence-electron chi connectivity index (χ1n) is 43.3. The number of pyridine rings is 10. The van der Waals surface area contributed by atoms with Crippen LogP contribution in [0.3, 0.4) is 0 Å². The third-order valence-electron chi connectivity index (χ3n) is 27.1. The van der Waals surface area contributed by atoms with E-state index < -0.39 is 0 Å². The Morgan fingerprint density at radius 3 is 1.12 bits per heavy atom. The Morgan fingerprint density at radius 1 is 0.200 bits per heavy atom. The zero-order valence-electron chi connectivity index (χ0n) is 74.8. The van der Waals surface area contributed by atoms with Crippen LogP contribution in [0.1, 0.15) is 83.5 Å². The lowest BCUT2D eigenvalue weighted by Crippen LogP contribution is -2.27. The number of rotatable bonds is 0. The Morgan fingerprint density at radius 2 is 0.560 bits per heavy atom. The van der Waals surface area contributed by atoms with Crippen molar-refractivity contribution in [1.82, 2.24) is 46.9 Å². The summed E-state index contributed by atoms with van der Waals surface area (Å²) in [4.78, 5) is 23.8. The first-order valence-corrected chi connectivity index (χ1v) is 43.3. The second kappa shape index (κ2) is 29.0. The van der Waals surface area contributed by atoms with Crippen LogP contribution in [-0.4, -0.2) is 46.9 Å². The summed E-state index contributed by atoms with van der Waals surface area (Å²) >= 11 is 0. The fourth-order valence-corrected chi connectivity index (χ4v) is 20.8. The molecular formula is C110H100N15+5. The molecule has 0 atom stereocenters. The van der Waals surface area contributed by atoms with Gasteiger partial charge in [0.25, 0.3) is 28.2 Å². The van der Waals surface area contributed by atoms with Crippen LogP contribution in [0.5, 0.6) is 0 Å². The first kappa shape index (κ1) is 77.6. The van der Waals surface area contributed by atoms with Gasteiger partial charge < -0.3 is 0 Å². The minimum atomic E-state index is 1.08. The maximum atomic E-state index is 4.79. The average molecular weight is 1630 g/mol. The highest BCUT2D eigenvalue weighted by Crippen LogP contribution is 2.41. The number of hydrogen-bond acceptors (Lipinski definition) is 5. The summed E-state index contributed by atoms with van der Waals surface area (Å²) in [6, 6.07) is 76.3. The van der Waals surface area contributed by atoms with Crippen molar-refractivity contribution in [3.8, 4) is 0 Å². The largest absolute Gasteiger partial charge is 0.297 e. The van der Waals surface area contributed by atoms with Crippen molar-refractivity contribution in [2.24, 2.45) is 35.2 Å². The summed E-state index contributed by atoms with van der Waals surface area (Å²) in [6.45, 7) is 32.7. The van der Waals surface area contributed by atoms with Gasteiger partial charge in [0.2, 0.25) is 0 Å². The lowest BCUT2D eigenvalue weighted by atomic mass is 10.0. The van der Waals surface area contributed by atoms with Crippen LogP contribution < -0.4 is 22.8 Å². The van der Waals surface area contributed by atoms with Crippen molar-refractivity contribution in [2.45, 2.75) is 104 Å². The van der Waals surface area contributed by atoms with Crippen LogP contribution in [0.4, 0.5) is 0 Å². The summed E-state index contributed by atoms with van der Waals surface area (Å²) in [6.07, 6.45) is 9.59. The highest BCUT2D eigenvalue weighted by atomic mass is 15.2.